The van der Waals surface area contributed by atoms with E-state index in [9.17, 15) is 4.79 Å². The maximum atomic E-state index is 10.4. The molecule has 0 aromatic rings. The molecule has 1 N–H and O–H groups in total. The van der Waals surface area contributed by atoms with Gasteiger partial charge in [-0.25, -0.2) is 0 Å². The van der Waals surface area contributed by atoms with E-state index in [2.05, 4.69) is 39.8 Å². The van der Waals surface area contributed by atoms with Crippen LogP contribution in [-0.2, 0) is 4.79 Å². The molecule has 0 aliphatic heterocycles. The van der Waals surface area contributed by atoms with E-state index in [1.165, 1.54) is 16.7 Å². The van der Waals surface area contributed by atoms with E-state index in [1.807, 2.05) is 6.08 Å². The smallest absolute Gasteiger partial charge is 0.303 e. The van der Waals surface area contributed by atoms with Gasteiger partial charge in [0.1, 0.15) is 0 Å². The van der Waals surface area contributed by atoms with E-state index in [0.717, 1.165) is 25.7 Å². The maximum absolute atomic E-state index is 10.4. The van der Waals surface area contributed by atoms with Gasteiger partial charge in [-0.2, -0.15) is 0 Å². The molecule has 0 saturated carbocycles. The van der Waals surface area contributed by atoms with E-state index < -0.39 is 5.97 Å². The summed E-state index contributed by atoms with van der Waals surface area (Å²) in [5, 5.41) is 8.55. The first-order valence-corrected chi connectivity index (χ1v) is 7.08. The van der Waals surface area contributed by atoms with Gasteiger partial charge >= 0.3 is 5.97 Å². The topological polar surface area (TPSA) is 37.3 Å². The van der Waals surface area contributed by atoms with Crippen molar-refractivity contribution in [1.82, 2.24) is 0 Å². The first-order chi connectivity index (χ1) is 8.91. The van der Waals surface area contributed by atoms with Crippen LogP contribution in [0.3, 0.4) is 0 Å². The number of carboxylic acids is 1. The van der Waals surface area contributed by atoms with Gasteiger partial charge in [0.25, 0.3) is 0 Å². The van der Waals surface area contributed by atoms with Crippen molar-refractivity contribution in [3.63, 3.8) is 0 Å². The molecule has 0 bridgehead atoms. The van der Waals surface area contributed by atoms with Gasteiger partial charge in [-0.1, -0.05) is 34.9 Å². The van der Waals surface area contributed by atoms with Crippen molar-refractivity contribution < 1.29 is 9.90 Å². The number of hydrogen-bond donors (Lipinski definition) is 1. The Morgan fingerprint density at radius 2 is 1.21 bits per heavy atom. The van der Waals surface area contributed by atoms with E-state index in [1.54, 1.807) is 0 Å². The molecule has 0 aliphatic carbocycles. The lowest BCUT2D eigenvalue weighted by Gasteiger charge is -2.01. The molecule has 2 heteroatoms. The van der Waals surface area contributed by atoms with Crippen molar-refractivity contribution in [3.05, 3.63) is 34.9 Å². The highest BCUT2D eigenvalue weighted by Crippen LogP contribution is 2.12. The van der Waals surface area contributed by atoms with E-state index in [-0.39, 0.29) is 6.42 Å². The summed E-state index contributed by atoms with van der Waals surface area (Å²) in [5.41, 5.74) is 4.11. The summed E-state index contributed by atoms with van der Waals surface area (Å²) >= 11 is 0. The van der Waals surface area contributed by atoms with Crippen LogP contribution in [0.5, 0.6) is 0 Å². The van der Waals surface area contributed by atoms with Crippen molar-refractivity contribution >= 4 is 5.97 Å². The highest BCUT2D eigenvalue weighted by molar-refractivity contribution is 5.66. The fraction of sp³-hybridized carbons (Fsp3) is 0.588. The summed E-state index contributed by atoms with van der Waals surface area (Å²) in [5.74, 6) is -0.723. The second-order valence-electron chi connectivity index (χ2n) is 5.39. The van der Waals surface area contributed by atoms with Gasteiger partial charge in [0.05, 0.1) is 0 Å². The quantitative estimate of drug-likeness (QED) is 0.576. The minimum absolute atomic E-state index is 0.231. The van der Waals surface area contributed by atoms with Crippen molar-refractivity contribution in [3.8, 4) is 0 Å². The Labute approximate surface area is 117 Å². The zero-order chi connectivity index (χ0) is 14.7. The van der Waals surface area contributed by atoms with Gasteiger partial charge in [0.15, 0.2) is 0 Å². The second kappa shape index (κ2) is 10.6. The molecule has 2 nitrogen and oxygen atoms in total. The summed E-state index contributed by atoms with van der Waals surface area (Å²) in [4.78, 5) is 10.4. The SMILES string of the molecule is CC(C)=CCC/C(C)=C/CC/C(C)=C/CCC(=O)O. The summed E-state index contributed by atoms with van der Waals surface area (Å²) in [6.45, 7) is 8.52. The Bertz CT molecular complexity index is 355. The predicted molar refractivity (Wildman–Crippen MR) is 82.3 cm³/mol. The minimum Gasteiger partial charge on any atom is -0.481 e. The molecule has 0 aromatic heterocycles. The molecule has 0 aromatic carbocycles. The number of carbonyl (C=O) groups is 1. The van der Waals surface area contributed by atoms with Crippen LogP contribution in [0.1, 0.15) is 66.2 Å². The third-order valence-corrected chi connectivity index (χ3v) is 2.97. The average Bonchev–Trinajstić information content (AvgIpc) is 2.27. The van der Waals surface area contributed by atoms with Crippen LogP contribution in [0.25, 0.3) is 0 Å². The molecule has 0 saturated heterocycles. The van der Waals surface area contributed by atoms with Gasteiger partial charge in [-0.05, 0) is 59.8 Å². The molecule has 0 aliphatic rings. The van der Waals surface area contributed by atoms with E-state index >= 15 is 0 Å². The third-order valence-electron chi connectivity index (χ3n) is 2.97. The number of hydrogen-bond acceptors (Lipinski definition) is 1. The summed E-state index contributed by atoms with van der Waals surface area (Å²) in [7, 11) is 0. The first-order valence-electron chi connectivity index (χ1n) is 7.08. The molecule has 0 heterocycles. The Kier molecular flexibility index (Phi) is 9.87. The molecule has 0 unspecified atom stereocenters. The molecule has 108 valence electrons. The van der Waals surface area contributed by atoms with Crippen molar-refractivity contribution in [2.45, 2.75) is 66.2 Å². The van der Waals surface area contributed by atoms with Gasteiger partial charge in [0.2, 0.25) is 0 Å². The van der Waals surface area contributed by atoms with Crippen LogP contribution in [0.2, 0.25) is 0 Å². The molecule has 0 amide bonds. The highest BCUT2D eigenvalue weighted by Gasteiger charge is 1.95. The number of allylic oxidation sites excluding steroid dienone is 6. The molecular formula is C17H28O2. The van der Waals surface area contributed by atoms with Crippen LogP contribution in [0.15, 0.2) is 34.9 Å². The van der Waals surface area contributed by atoms with Crippen LogP contribution in [0, 0.1) is 0 Å². The zero-order valence-corrected chi connectivity index (χ0v) is 12.8. The summed E-state index contributed by atoms with van der Waals surface area (Å²) in [6.07, 6.45) is 11.8. The van der Waals surface area contributed by atoms with Crippen LogP contribution in [0.4, 0.5) is 0 Å². The van der Waals surface area contributed by atoms with Crippen LogP contribution >= 0.6 is 0 Å². The third kappa shape index (κ3) is 12.9. The maximum Gasteiger partial charge on any atom is 0.303 e. The number of carboxylic acid groups (broad SMARTS) is 1. The zero-order valence-electron chi connectivity index (χ0n) is 12.8. The second-order valence-corrected chi connectivity index (χ2v) is 5.39. The fourth-order valence-corrected chi connectivity index (χ4v) is 1.78. The van der Waals surface area contributed by atoms with Crippen molar-refractivity contribution in [2.75, 3.05) is 0 Å². The summed E-state index contributed by atoms with van der Waals surface area (Å²) < 4.78 is 0. The Hall–Kier alpha value is -1.31. The van der Waals surface area contributed by atoms with Crippen molar-refractivity contribution in [2.24, 2.45) is 0 Å². The van der Waals surface area contributed by atoms with E-state index in [4.69, 9.17) is 5.11 Å². The monoisotopic (exact) mass is 264 g/mol. The Morgan fingerprint density at radius 3 is 1.63 bits per heavy atom. The van der Waals surface area contributed by atoms with Crippen molar-refractivity contribution in [1.29, 1.82) is 0 Å². The van der Waals surface area contributed by atoms with E-state index in [0.29, 0.717) is 6.42 Å². The molecule has 0 rings (SSSR count). The number of aliphatic carboxylic acids is 1. The lowest BCUT2D eigenvalue weighted by molar-refractivity contribution is -0.136. The molecule has 0 fully saturated rings. The van der Waals surface area contributed by atoms with Gasteiger partial charge in [-0.15, -0.1) is 0 Å². The van der Waals surface area contributed by atoms with Gasteiger partial charge in [-0.3, -0.25) is 4.79 Å². The van der Waals surface area contributed by atoms with Gasteiger partial charge in [0, 0.05) is 6.42 Å². The standard InChI is InChI=1S/C17H28O2/c1-14(2)8-5-9-15(3)10-6-11-16(4)12-7-13-17(18)19/h8,10,12H,5-7,9,11,13H2,1-4H3,(H,18,19)/b15-10+,16-12+. The molecule has 0 atom stereocenters. The average molecular weight is 264 g/mol. The van der Waals surface area contributed by atoms with Gasteiger partial charge < -0.3 is 5.11 Å². The number of rotatable bonds is 9. The Morgan fingerprint density at radius 1 is 0.789 bits per heavy atom. The normalized spacial score (nSPS) is 12.4. The first kappa shape index (κ1) is 17.7. The lowest BCUT2D eigenvalue weighted by Crippen LogP contribution is -1.92. The fourth-order valence-electron chi connectivity index (χ4n) is 1.78. The Balaban J connectivity index is 3.86. The molecular weight excluding hydrogens is 236 g/mol. The predicted octanol–water partition coefficient (Wildman–Crippen LogP) is 5.27. The molecule has 0 radical (unpaired) electrons. The largest absolute Gasteiger partial charge is 0.481 e. The van der Waals surface area contributed by atoms with Crippen LogP contribution < -0.4 is 0 Å². The minimum atomic E-state index is -0.723. The lowest BCUT2D eigenvalue weighted by atomic mass is 10.1. The highest BCUT2D eigenvalue weighted by atomic mass is 16.4. The molecule has 0 spiro atoms. The summed E-state index contributed by atoms with van der Waals surface area (Å²) in [6, 6.07) is 0. The van der Waals surface area contributed by atoms with Crippen LogP contribution in [-0.4, -0.2) is 11.1 Å². The molecule has 19 heavy (non-hydrogen) atoms.